The Kier molecular flexibility index (Phi) is 9.75. The molecule has 0 amide bonds. The van der Waals surface area contributed by atoms with Crippen LogP contribution in [0.3, 0.4) is 0 Å². The van der Waals surface area contributed by atoms with Crippen molar-refractivity contribution >= 4 is 31.5 Å². The molecule has 0 fully saturated rings. The molecule has 8 nitrogen and oxygen atoms in total. The van der Waals surface area contributed by atoms with Crippen LogP contribution in [-0.4, -0.2) is 36.1 Å². The Balaban J connectivity index is 1.84. The van der Waals surface area contributed by atoms with E-state index in [2.05, 4.69) is 43.8 Å². The first-order valence-corrected chi connectivity index (χ1v) is 15.8. The third kappa shape index (κ3) is 7.76. The number of benzene rings is 1. The van der Waals surface area contributed by atoms with Gasteiger partial charge in [-0.3, -0.25) is 14.3 Å². The van der Waals surface area contributed by atoms with Crippen molar-refractivity contribution in [3.63, 3.8) is 0 Å². The number of ether oxygens (including phenoxy) is 2. The van der Waals surface area contributed by atoms with E-state index in [0.717, 1.165) is 16.7 Å². The van der Waals surface area contributed by atoms with E-state index in [0.29, 0.717) is 12.9 Å². The topological polar surface area (TPSA) is 99.3 Å². The molecule has 0 aliphatic carbocycles. The van der Waals surface area contributed by atoms with Crippen molar-refractivity contribution in [1.82, 2.24) is 14.5 Å². The summed E-state index contributed by atoms with van der Waals surface area (Å²) in [5.74, 6) is -3.20. The molecule has 0 aliphatic heterocycles. The molecule has 3 rings (SSSR count). The molecule has 0 saturated heterocycles. The average Bonchev–Trinajstić information content (AvgIpc) is 2.85. The maximum absolute atomic E-state index is 14.6. The summed E-state index contributed by atoms with van der Waals surface area (Å²) in [7, 11) is -1.96. The van der Waals surface area contributed by atoms with Crippen LogP contribution in [0, 0.1) is 17.1 Å². The van der Waals surface area contributed by atoms with Crippen LogP contribution in [0.25, 0.3) is 0 Å². The molecule has 220 valence electrons. The minimum absolute atomic E-state index is 0.0336. The molecule has 0 atom stereocenters. The highest BCUT2D eigenvalue weighted by Gasteiger charge is 2.39. The summed E-state index contributed by atoms with van der Waals surface area (Å²) >= 11 is 12.1. The van der Waals surface area contributed by atoms with Crippen molar-refractivity contribution in [3.05, 3.63) is 73.9 Å². The van der Waals surface area contributed by atoms with Gasteiger partial charge in [0.25, 0.3) is 5.56 Å². The van der Waals surface area contributed by atoms with Crippen molar-refractivity contribution in [1.29, 1.82) is 5.26 Å². The summed E-state index contributed by atoms with van der Waals surface area (Å²) in [6, 6.07) is 4.69. The van der Waals surface area contributed by atoms with Crippen LogP contribution in [0.15, 0.2) is 35.5 Å². The van der Waals surface area contributed by atoms with Crippen molar-refractivity contribution in [2.45, 2.75) is 51.6 Å². The highest BCUT2D eigenvalue weighted by molar-refractivity contribution is 6.74. The monoisotopic (exact) mass is 632 g/mol. The molecular formula is C26H26Cl2F4N4O4Si. The average molecular weight is 634 g/mol. The predicted octanol–water partition coefficient (Wildman–Crippen LogP) is 7.22. The highest BCUT2D eigenvalue weighted by atomic mass is 35.5. The summed E-state index contributed by atoms with van der Waals surface area (Å²) in [6.07, 6.45) is -3.14. The zero-order chi connectivity index (χ0) is 30.8. The quantitative estimate of drug-likeness (QED) is 0.139. The lowest BCUT2D eigenvalue weighted by molar-refractivity contribution is -0.142. The normalized spacial score (nSPS) is 12.2. The first kappa shape index (κ1) is 32.3. The second-order valence-electron chi connectivity index (χ2n) is 10.4. The maximum atomic E-state index is 14.6. The van der Waals surface area contributed by atoms with E-state index < -0.39 is 48.6 Å². The predicted molar refractivity (Wildman–Crippen MR) is 147 cm³/mol. The fourth-order valence-electron chi connectivity index (χ4n) is 3.20. The number of alkyl halides is 3. The Labute approximate surface area is 244 Å². The van der Waals surface area contributed by atoms with Crippen LogP contribution in [0.1, 0.15) is 37.7 Å². The van der Waals surface area contributed by atoms with Crippen LogP contribution >= 0.6 is 23.2 Å². The van der Waals surface area contributed by atoms with E-state index in [9.17, 15) is 22.4 Å². The third-order valence-electron chi connectivity index (χ3n) is 6.42. The molecule has 0 radical (unpaired) electrons. The van der Waals surface area contributed by atoms with Gasteiger partial charge < -0.3 is 13.9 Å². The Morgan fingerprint density at radius 2 is 1.76 bits per heavy atom. The molecular weight excluding hydrogens is 607 g/mol. The molecule has 0 unspecified atom stereocenters. The van der Waals surface area contributed by atoms with Crippen molar-refractivity contribution in [2.75, 3.05) is 13.2 Å². The van der Waals surface area contributed by atoms with Gasteiger partial charge in [-0.15, -0.1) is 0 Å². The second kappa shape index (κ2) is 12.4. The summed E-state index contributed by atoms with van der Waals surface area (Å²) in [6.45, 7) is 10.8. The largest absolute Gasteiger partial charge is 0.488 e. The first-order chi connectivity index (χ1) is 18.9. The fraction of sp³-hybridized carbons (Fsp3) is 0.385. The van der Waals surface area contributed by atoms with Crippen LogP contribution < -0.4 is 15.0 Å². The molecule has 41 heavy (non-hydrogen) atoms. The van der Waals surface area contributed by atoms with Gasteiger partial charge >= 0.3 is 6.18 Å². The molecule has 0 N–H and O–H groups in total. The number of nitriles is 1. The molecule has 0 aliphatic rings. The van der Waals surface area contributed by atoms with Crippen LogP contribution in [0.5, 0.6) is 17.2 Å². The molecule has 0 bridgehead atoms. The van der Waals surface area contributed by atoms with Gasteiger partial charge in [0.15, 0.2) is 31.3 Å². The fourth-order valence-corrected chi connectivity index (χ4v) is 4.66. The van der Waals surface area contributed by atoms with Gasteiger partial charge in [0, 0.05) is 11.1 Å². The number of nitrogens with zero attached hydrogens (tertiary/aromatic N) is 4. The second-order valence-corrected chi connectivity index (χ2v) is 16.0. The number of aromatic nitrogens is 3. The van der Waals surface area contributed by atoms with E-state index in [1.165, 1.54) is 18.3 Å². The molecule has 2 heterocycles. The zero-order valence-electron chi connectivity index (χ0n) is 22.7. The molecule has 1 aromatic carbocycles. The minimum Gasteiger partial charge on any atom is -0.488 e. The van der Waals surface area contributed by atoms with Crippen molar-refractivity contribution < 1.29 is 31.5 Å². The Hall–Kier alpha value is -3.18. The number of pyridine rings is 1. The van der Waals surface area contributed by atoms with E-state index in [1.807, 2.05) is 0 Å². The minimum atomic E-state index is -5.12. The number of hydrogen-bond acceptors (Lipinski definition) is 7. The SMILES string of the molecule is CC(C)(C)[Si](C)(C)OCCOc1cnc(Cn2cnc(C(F)(F)F)c(Oc3cc(Cl)cc(C#N)c3F)c2=O)cc1Cl. The molecule has 2 aromatic heterocycles. The highest BCUT2D eigenvalue weighted by Crippen LogP contribution is 2.37. The van der Waals surface area contributed by atoms with Crippen LogP contribution in [0.2, 0.25) is 28.2 Å². The summed E-state index contributed by atoms with van der Waals surface area (Å²) in [4.78, 5) is 20.5. The standard InChI is InChI=1S/C26H26Cl2F4N4O4Si/c1-25(2,3)41(4,5)39-7-6-38-20-12-34-17(10-18(20)28)13-36-14-35-23(26(30,31)32)22(24(36)37)40-19-9-16(27)8-15(11-33)21(19)29/h8-10,12,14H,6-7,13H2,1-5H3. The van der Waals surface area contributed by atoms with Gasteiger partial charge in [-0.1, -0.05) is 44.0 Å². The van der Waals surface area contributed by atoms with Gasteiger partial charge in [0.05, 0.1) is 42.0 Å². The Morgan fingerprint density at radius 1 is 1.07 bits per heavy atom. The summed E-state index contributed by atoms with van der Waals surface area (Å²) in [5, 5.41) is 9.04. The number of halogens is 6. The van der Waals surface area contributed by atoms with Gasteiger partial charge in [-0.25, -0.2) is 9.37 Å². The van der Waals surface area contributed by atoms with E-state index in [-0.39, 0.29) is 39.7 Å². The lowest BCUT2D eigenvalue weighted by Gasteiger charge is -2.36. The van der Waals surface area contributed by atoms with E-state index >= 15 is 0 Å². The number of hydrogen-bond donors (Lipinski definition) is 0. The summed E-state index contributed by atoms with van der Waals surface area (Å²) < 4.78 is 73.1. The Morgan fingerprint density at radius 3 is 2.34 bits per heavy atom. The third-order valence-corrected chi connectivity index (χ3v) is 11.5. The molecule has 15 heteroatoms. The lowest BCUT2D eigenvalue weighted by Crippen LogP contribution is -2.41. The zero-order valence-corrected chi connectivity index (χ0v) is 25.2. The molecule has 0 spiro atoms. The van der Waals surface area contributed by atoms with Crippen LogP contribution in [-0.2, 0) is 17.1 Å². The van der Waals surface area contributed by atoms with E-state index in [1.54, 1.807) is 0 Å². The van der Waals surface area contributed by atoms with E-state index in [4.69, 9.17) is 42.4 Å². The smallest absolute Gasteiger partial charge is 0.437 e. The molecule has 3 aromatic rings. The first-order valence-electron chi connectivity index (χ1n) is 12.1. The molecule has 0 saturated carbocycles. The van der Waals surface area contributed by atoms with Crippen molar-refractivity contribution in [2.24, 2.45) is 0 Å². The summed E-state index contributed by atoms with van der Waals surface area (Å²) in [5.41, 5.74) is -3.37. The maximum Gasteiger partial charge on any atom is 0.437 e. The van der Waals surface area contributed by atoms with Gasteiger partial charge in [0.2, 0.25) is 5.75 Å². The number of rotatable bonds is 9. The van der Waals surface area contributed by atoms with Crippen LogP contribution in [0.4, 0.5) is 17.6 Å². The van der Waals surface area contributed by atoms with Gasteiger partial charge in [-0.05, 0) is 30.3 Å². The van der Waals surface area contributed by atoms with Gasteiger partial charge in [0.1, 0.15) is 12.7 Å². The van der Waals surface area contributed by atoms with Crippen molar-refractivity contribution in [3.8, 4) is 23.3 Å². The van der Waals surface area contributed by atoms with Gasteiger partial charge in [-0.2, -0.15) is 18.4 Å². The Bertz CT molecular complexity index is 1540. The lowest BCUT2D eigenvalue weighted by atomic mass is 10.2.